The summed E-state index contributed by atoms with van der Waals surface area (Å²) >= 11 is 0. The molecule has 0 rings (SSSR count). The van der Waals surface area contributed by atoms with Gasteiger partial charge >= 0.3 is 7.75 Å². The number of hydrogen-bond donors (Lipinski definition) is 1. The summed E-state index contributed by atoms with van der Waals surface area (Å²) in [7, 11) is -3.55. The van der Waals surface area contributed by atoms with Crippen LogP contribution >= 0.6 is 7.75 Å². The third kappa shape index (κ3) is 6.64. The summed E-state index contributed by atoms with van der Waals surface area (Å²) in [4.78, 5) is 9.82. The Morgan fingerprint density at radius 1 is 1.06 bits per heavy atom. The molecule has 4 nitrogen and oxygen atoms in total. The number of rotatable bonds is 10. The van der Waals surface area contributed by atoms with Crippen LogP contribution in [0.2, 0.25) is 0 Å². The first kappa shape index (κ1) is 16.1. The molecule has 0 saturated carbocycles. The Morgan fingerprint density at radius 3 is 1.94 bits per heavy atom. The summed E-state index contributed by atoms with van der Waals surface area (Å²) in [5, 5.41) is 0. The molecule has 0 radical (unpaired) electrons. The molecule has 1 unspecified atom stereocenters. The number of nitrogens with zero attached hydrogens (tertiary/aromatic N) is 1. The molecular formula is C11H26NO3P. The Bertz CT molecular complexity index is 203. The SMILES string of the molecule is CCCCN(CCCC)P(=O)(O)OCCC. The lowest BCUT2D eigenvalue weighted by Gasteiger charge is -2.26. The monoisotopic (exact) mass is 251 g/mol. The zero-order valence-corrected chi connectivity index (χ0v) is 11.7. The van der Waals surface area contributed by atoms with Crippen molar-refractivity contribution in [2.45, 2.75) is 52.9 Å². The highest BCUT2D eigenvalue weighted by Gasteiger charge is 2.28. The van der Waals surface area contributed by atoms with Crippen molar-refractivity contribution >= 4 is 7.75 Å². The van der Waals surface area contributed by atoms with Crippen LogP contribution in [0.25, 0.3) is 0 Å². The van der Waals surface area contributed by atoms with E-state index >= 15 is 0 Å². The van der Waals surface area contributed by atoms with Crippen molar-refractivity contribution in [3.05, 3.63) is 0 Å². The maximum absolute atomic E-state index is 11.9. The van der Waals surface area contributed by atoms with Gasteiger partial charge in [-0.15, -0.1) is 0 Å². The highest BCUT2D eigenvalue weighted by atomic mass is 31.2. The fourth-order valence-corrected chi connectivity index (χ4v) is 2.71. The third-order valence-corrected chi connectivity index (χ3v) is 3.99. The zero-order valence-electron chi connectivity index (χ0n) is 10.8. The molecule has 16 heavy (non-hydrogen) atoms. The molecular weight excluding hydrogens is 225 g/mol. The van der Waals surface area contributed by atoms with Crippen molar-refractivity contribution in [3.8, 4) is 0 Å². The Balaban J connectivity index is 4.26. The Kier molecular flexibility index (Phi) is 9.24. The molecule has 0 heterocycles. The van der Waals surface area contributed by atoms with Crippen LogP contribution in [0.3, 0.4) is 0 Å². The van der Waals surface area contributed by atoms with Crippen LogP contribution in [0.1, 0.15) is 52.9 Å². The lowest BCUT2D eigenvalue weighted by molar-refractivity contribution is 0.198. The maximum Gasteiger partial charge on any atom is 0.405 e. The summed E-state index contributed by atoms with van der Waals surface area (Å²) in [5.41, 5.74) is 0. The van der Waals surface area contributed by atoms with E-state index in [0.29, 0.717) is 19.7 Å². The van der Waals surface area contributed by atoms with E-state index in [1.807, 2.05) is 6.92 Å². The van der Waals surface area contributed by atoms with E-state index in [4.69, 9.17) is 4.52 Å². The van der Waals surface area contributed by atoms with E-state index in [1.54, 1.807) is 4.67 Å². The fraction of sp³-hybridized carbons (Fsp3) is 1.00. The van der Waals surface area contributed by atoms with Crippen LogP contribution < -0.4 is 0 Å². The third-order valence-electron chi connectivity index (χ3n) is 2.36. The predicted molar refractivity (Wildman–Crippen MR) is 67.5 cm³/mol. The molecule has 0 spiro atoms. The van der Waals surface area contributed by atoms with Gasteiger partial charge < -0.3 is 4.89 Å². The van der Waals surface area contributed by atoms with Crippen LogP contribution in [0.5, 0.6) is 0 Å². The summed E-state index contributed by atoms with van der Waals surface area (Å²) in [6, 6.07) is 0. The minimum Gasteiger partial charge on any atom is -0.312 e. The lowest BCUT2D eigenvalue weighted by atomic mass is 10.3. The first-order valence-corrected chi connectivity index (χ1v) is 7.84. The summed E-state index contributed by atoms with van der Waals surface area (Å²) in [6.07, 6.45) is 4.68. The average molecular weight is 251 g/mol. The van der Waals surface area contributed by atoms with Crippen LogP contribution in [0.15, 0.2) is 0 Å². The van der Waals surface area contributed by atoms with Gasteiger partial charge in [0.2, 0.25) is 0 Å². The van der Waals surface area contributed by atoms with Gasteiger partial charge in [-0.3, -0.25) is 4.52 Å². The molecule has 0 aliphatic heterocycles. The molecule has 0 amide bonds. The molecule has 0 fully saturated rings. The molecule has 1 N–H and O–H groups in total. The topological polar surface area (TPSA) is 49.8 Å². The van der Waals surface area contributed by atoms with Crippen molar-refractivity contribution < 1.29 is 14.0 Å². The highest BCUT2D eigenvalue weighted by Crippen LogP contribution is 2.46. The minimum atomic E-state index is -3.55. The molecule has 0 aromatic rings. The van der Waals surface area contributed by atoms with E-state index in [1.165, 1.54) is 0 Å². The van der Waals surface area contributed by atoms with E-state index in [9.17, 15) is 9.46 Å². The predicted octanol–water partition coefficient (Wildman–Crippen LogP) is 3.42. The quantitative estimate of drug-likeness (QED) is 0.604. The largest absolute Gasteiger partial charge is 0.405 e. The van der Waals surface area contributed by atoms with Crippen molar-refractivity contribution in [3.63, 3.8) is 0 Å². The standard InChI is InChI=1S/C11H26NO3P/c1-4-7-9-12(10-8-5-2)16(13,14)15-11-6-3/h4-11H2,1-3H3,(H,13,14). The second-order valence-corrected chi connectivity index (χ2v) is 5.79. The van der Waals surface area contributed by atoms with Gasteiger partial charge in [-0.2, -0.15) is 0 Å². The second kappa shape index (κ2) is 9.17. The molecule has 0 aliphatic rings. The molecule has 0 saturated heterocycles. The Morgan fingerprint density at radius 2 is 1.56 bits per heavy atom. The Labute approximate surface area is 99.6 Å². The maximum atomic E-state index is 11.9. The molecule has 5 heteroatoms. The first-order chi connectivity index (χ1) is 7.58. The number of hydrogen-bond acceptors (Lipinski definition) is 2. The molecule has 0 bridgehead atoms. The second-order valence-electron chi connectivity index (χ2n) is 3.98. The van der Waals surface area contributed by atoms with Gasteiger partial charge in [-0.05, 0) is 19.3 Å². The first-order valence-electron chi connectivity index (χ1n) is 6.31. The molecule has 0 aromatic heterocycles. The van der Waals surface area contributed by atoms with Crippen LogP contribution in [0.4, 0.5) is 0 Å². The summed E-state index contributed by atoms with van der Waals surface area (Å²) < 4.78 is 18.6. The minimum absolute atomic E-state index is 0.350. The normalized spacial score (nSPS) is 15.3. The highest BCUT2D eigenvalue weighted by molar-refractivity contribution is 7.50. The van der Waals surface area contributed by atoms with Crippen LogP contribution in [-0.4, -0.2) is 29.3 Å². The van der Waals surface area contributed by atoms with Gasteiger partial charge in [0, 0.05) is 13.1 Å². The molecule has 0 aliphatic carbocycles. The van der Waals surface area contributed by atoms with Crippen LogP contribution in [-0.2, 0) is 9.09 Å². The van der Waals surface area contributed by atoms with E-state index < -0.39 is 7.75 Å². The zero-order chi connectivity index (χ0) is 12.4. The van der Waals surface area contributed by atoms with Gasteiger partial charge in [-0.25, -0.2) is 9.24 Å². The van der Waals surface area contributed by atoms with Gasteiger partial charge in [0.25, 0.3) is 0 Å². The van der Waals surface area contributed by atoms with Crippen molar-refractivity contribution in [2.24, 2.45) is 0 Å². The van der Waals surface area contributed by atoms with Crippen molar-refractivity contribution in [2.75, 3.05) is 19.7 Å². The van der Waals surface area contributed by atoms with E-state index in [0.717, 1.165) is 32.1 Å². The summed E-state index contributed by atoms with van der Waals surface area (Å²) in [6.45, 7) is 7.73. The average Bonchev–Trinajstić information content (AvgIpc) is 2.26. The van der Waals surface area contributed by atoms with Crippen molar-refractivity contribution in [1.29, 1.82) is 0 Å². The smallest absolute Gasteiger partial charge is 0.312 e. The molecule has 0 aromatic carbocycles. The van der Waals surface area contributed by atoms with Gasteiger partial charge in [0.05, 0.1) is 6.61 Å². The summed E-state index contributed by atoms with van der Waals surface area (Å²) in [5.74, 6) is 0. The van der Waals surface area contributed by atoms with Crippen molar-refractivity contribution in [1.82, 2.24) is 4.67 Å². The fourth-order valence-electron chi connectivity index (χ4n) is 1.34. The lowest BCUT2D eigenvalue weighted by Crippen LogP contribution is -2.24. The van der Waals surface area contributed by atoms with Crippen LogP contribution in [0, 0.1) is 0 Å². The molecule has 98 valence electrons. The van der Waals surface area contributed by atoms with Gasteiger partial charge in [0.1, 0.15) is 0 Å². The number of unbranched alkanes of at least 4 members (excludes halogenated alkanes) is 2. The van der Waals surface area contributed by atoms with E-state index in [-0.39, 0.29) is 0 Å². The van der Waals surface area contributed by atoms with Gasteiger partial charge in [-0.1, -0.05) is 33.6 Å². The van der Waals surface area contributed by atoms with E-state index in [2.05, 4.69) is 13.8 Å². The molecule has 1 atom stereocenters. The Hall–Kier alpha value is 0.110. The van der Waals surface area contributed by atoms with Gasteiger partial charge in [0.15, 0.2) is 0 Å².